The lowest BCUT2D eigenvalue weighted by molar-refractivity contribution is -0.385. The average Bonchev–Trinajstić information content (AvgIpc) is 2.48. The summed E-state index contributed by atoms with van der Waals surface area (Å²) in [5.74, 6) is -0.985. The number of carbonyl (C=O) groups excluding carboxylic acids is 1. The lowest BCUT2D eigenvalue weighted by Gasteiger charge is -2.08. The smallest absolute Gasteiger partial charge is 0.272 e. The van der Waals surface area contributed by atoms with Crippen molar-refractivity contribution < 1.29 is 19.7 Å². The SMILES string of the molecule is Cc1cc(C(=O)Nc2cc([N+](=O)[O-])ccc2O)ccc1[N+](=O)[O-]. The standard InChI is InChI=1S/C14H11N3O6/c1-8-6-9(2-4-12(8)17(22)23)14(19)15-11-7-10(16(20)21)3-5-13(11)18/h2-7,18H,1H3,(H,15,19). The zero-order chi connectivity index (χ0) is 17.1. The van der Waals surface area contributed by atoms with Crippen LogP contribution in [0.1, 0.15) is 15.9 Å². The number of nitro benzene ring substituents is 2. The number of hydrogen-bond acceptors (Lipinski definition) is 6. The topological polar surface area (TPSA) is 136 Å². The third kappa shape index (κ3) is 3.40. The molecular weight excluding hydrogens is 306 g/mol. The minimum atomic E-state index is -0.662. The molecule has 0 heterocycles. The average molecular weight is 317 g/mol. The zero-order valence-electron chi connectivity index (χ0n) is 11.8. The Morgan fingerprint density at radius 1 is 1.09 bits per heavy atom. The van der Waals surface area contributed by atoms with E-state index >= 15 is 0 Å². The van der Waals surface area contributed by atoms with Crippen LogP contribution in [-0.4, -0.2) is 20.9 Å². The van der Waals surface area contributed by atoms with Crippen molar-refractivity contribution >= 4 is 23.0 Å². The molecule has 1 amide bonds. The number of rotatable bonds is 4. The fourth-order valence-corrected chi connectivity index (χ4v) is 1.93. The molecule has 2 aromatic carbocycles. The van der Waals surface area contributed by atoms with Gasteiger partial charge in [-0.2, -0.15) is 0 Å². The number of phenols is 1. The van der Waals surface area contributed by atoms with Gasteiger partial charge in [-0.05, 0) is 25.1 Å². The van der Waals surface area contributed by atoms with E-state index in [9.17, 15) is 30.1 Å². The molecule has 0 saturated carbocycles. The van der Waals surface area contributed by atoms with Gasteiger partial charge in [0.05, 0.1) is 15.5 Å². The van der Waals surface area contributed by atoms with Gasteiger partial charge >= 0.3 is 0 Å². The van der Waals surface area contributed by atoms with Gasteiger partial charge < -0.3 is 10.4 Å². The van der Waals surface area contributed by atoms with E-state index in [1.165, 1.54) is 25.1 Å². The van der Waals surface area contributed by atoms with Crippen molar-refractivity contribution in [3.63, 3.8) is 0 Å². The van der Waals surface area contributed by atoms with E-state index in [1.807, 2.05) is 0 Å². The quantitative estimate of drug-likeness (QED) is 0.505. The monoisotopic (exact) mass is 317 g/mol. The second-order valence-electron chi connectivity index (χ2n) is 4.67. The largest absolute Gasteiger partial charge is 0.506 e. The van der Waals surface area contributed by atoms with Crippen molar-refractivity contribution in [2.75, 3.05) is 5.32 Å². The zero-order valence-corrected chi connectivity index (χ0v) is 11.8. The van der Waals surface area contributed by atoms with Crippen LogP contribution in [0.4, 0.5) is 17.1 Å². The number of benzene rings is 2. The Hall–Kier alpha value is -3.49. The molecule has 0 atom stereocenters. The van der Waals surface area contributed by atoms with Crippen molar-refractivity contribution in [1.29, 1.82) is 0 Å². The lowest BCUT2D eigenvalue weighted by atomic mass is 10.1. The van der Waals surface area contributed by atoms with Gasteiger partial charge in [-0.3, -0.25) is 25.0 Å². The molecule has 9 heteroatoms. The molecule has 0 radical (unpaired) electrons. The van der Waals surface area contributed by atoms with E-state index < -0.39 is 15.8 Å². The molecule has 0 bridgehead atoms. The molecule has 9 nitrogen and oxygen atoms in total. The highest BCUT2D eigenvalue weighted by atomic mass is 16.6. The molecule has 2 aromatic rings. The van der Waals surface area contributed by atoms with E-state index in [-0.39, 0.29) is 28.4 Å². The summed E-state index contributed by atoms with van der Waals surface area (Å²) in [5.41, 5.74) is -0.122. The van der Waals surface area contributed by atoms with Gasteiger partial charge in [0.1, 0.15) is 5.75 Å². The number of aryl methyl sites for hydroxylation is 1. The van der Waals surface area contributed by atoms with Gasteiger partial charge in [-0.1, -0.05) is 0 Å². The van der Waals surface area contributed by atoms with Gasteiger partial charge in [0.2, 0.25) is 0 Å². The van der Waals surface area contributed by atoms with Crippen LogP contribution < -0.4 is 5.32 Å². The maximum absolute atomic E-state index is 12.1. The highest BCUT2D eigenvalue weighted by Gasteiger charge is 2.16. The predicted octanol–water partition coefficient (Wildman–Crippen LogP) is 2.77. The van der Waals surface area contributed by atoms with Crippen LogP contribution in [0.3, 0.4) is 0 Å². The van der Waals surface area contributed by atoms with E-state index in [0.29, 0.717) is 5.56 Å². The third-order valence-electron chi connectivity index (χ3n) is 3.09. The maximum Gasteiger partial charge on any atom is 0.272 e. The summed E-state index contributed by atoms with van der Waals surface area (Å²) < 4.78 is 0. The highest BCUT2D eigenvalue weighted by molar-refractivity contribution is 6.05. The van der Waals surface area contributed by atoms with Crippen LogP contribution >= 0.6 is 0 Å². The number of hydrogen-bond donors (Lipinski definition) is 2. The molecule has 0 aliphatic carbocycles. The number of anilines is 1. The number of non-ortho nitro benzene ring substituents is 1. The fraction of sp³-hybridized carbons (Fsp3) is 0.0714. The molecule has 0 fully saturated rings. The van der Waals surface area contributed by atoms with Gasteiger partial charge in [0, 0.05) is 29.3 Å². The van der Waals surface area contributed by atoms with Crippen LogP contribution in [-0.2, 0) is 0 Å². The summed E-state index contributed by atoms with van der Waals surface area (Å²) in [6, 6.07) is 6.98. The molecule has 0 spiro atoms. The predicted molar refractivity (Wildman–Crippen MR) is 80.5 cm³/mol. The number of phenolic OH excluding ortho intramolecular Hbond substituents is 1. The Morgan fingerprint density at radius 2 is 1.78 bits per heavy atom. The molecule has 2 rings (SSSR count). The molecule has 0 aromatic heterocycles. The Morgan fingerprint density at radius 3 is 2.35 bits per heavy atom. The first-order valence-electron chi connectivity index (χ1n) is 6.33. The molecule has 0 aliphatic heterocycles. The third-order valence-corrected chi connectivity index (χ3v) is 3.09. The van der Waals surface area contributed by atoms with Crippen LogP contribution in [0.5, 0.6) is 5.75 Å². The van der Waals surface area contributed by atoms with E-state index in [0.717, 1.165) is 18.2 Å². The van der Waals surface area contributed by atoms with Gasteiger partial charge in [0.15, 0.2) is 0 Å². The molecule has 0 saturated heterocycles. The number of amides is 1. The summed E-state index contributed by atoms with van der Waals surface area (Å²) >= 11 is 0. The maximum atomic E-state index is 12.1. The Bertz CT molecular complexity index is 818. The Labute approximate surface area is 129 Å². The first-order chi connectivity index (χ1) is 10.8. The highest BCUT2D eigenvalue weighted by Crippen LogP contribution is 2.28. The lowest BCUT2D eigenvalue weighted by Crippen LogP contribution is -2.12. The minimum absolute atomic E-state index is 0.124. The van der Waals surface area contributed by atoms with Crippen molar-refractivity contribution in [3.05, 3.63) is 67.8 Å². The van der Waals surface area contributed by atoms with Crippen molar-refractivity contribution in [2.45, 2.75) is 6.92 Å². The van der Waals surface area contributed by atoms with Crippen LogP contribution in [0, 0.1) is 27.2 Å². The second kappa shape index (κ2) is 6.10. The number of nitrogens with zero attached hydrogens (tertiary/aromatic N) is 2. The molecule has 118 valence electrons. The minimum Gasteiger partial charge on any atom is -0.506 e. The number of nitro groups is 2. The number of aromatic hydroxyl groups is 1. The van der Waals surface area contributed by atoms with E-state index in [1.54, 1.807) is 0 Å². The first-order valence-corrected chi connectivity index (χ1v) is 6.33. The number of carbonyl (C=O) groups is 1. The van der Waals surface area contributed by atoms with E-state index in [4.69, 9.17) is 0 Å². The van der Waals surface area contributed by atoms with Gasteiger partial charge in [0.25, 0.3) is 17.3 Å². The molecule has 2 N–H and O–H groups in total. The van der Waals surface area contributed by atoms with Crippen molar-refractivity contribution in [3.8, 4) is 5.75 Å². The summed E-state index contributed by atoms with van der Waals surface area (Å²) in [6.07, 6.45) is 0. The molecular formula is C14H11N3O6. The van der Waals surface area contributed by atoms with Crippen LogP contribution in [0.15, 0.2) is 36.4 Å². The molecule has 0 unspecified atom stereocenters. The van der Waals surface area contributed by atoms with Gasteiger partial charge in [-0.25, -0.2) is 0 Å². The van der Waals surface area contributed by atoms with Gasteiger partial charge in [-0.15, -0.1) is 0 Å². The molecule has 23 heavy (non-hydrogen) atoms. The summed E-state index contributed by atoms with van der Waals surface area (Å²) in [6.45, 7) is 1.49. The number of nitrogens with one attached hydrogen (secondary N) is 1. The summed E-state index contributed by atoms with van der Waals surface area (Å²) in [7, 11) is 0. The summed E-state index contributed by atoms with van der Waals surface area (Å²) in [4.78, 5) is 32.4. The molecule has 0 aliphatic rings. The summed E-state index contributed by atoms with van der Waals surface area (Å²) in [5, 5.41) is 33.5. The first kappa shape index (κ1) is 15.9. The van der Waals surface area contributed by atoms with Crippen molar-refractivity contribution in [1.82, 2.24) is 0 Å². The van der Waals surface area contributed by atoms with Crippen LogP contribution in [0.2, 0.25) is 0 Å². The Balaban J connectivity index is 2.29. The second-order valence-corrected chi connectivity index (χ2v) is 4.67. The van der Waals surface area contributed by atoms with Crippen molar-refractivity contribution in [2.24, 2.45) is 0 Å². The normalized spacial score (nSPS) is 10.1. The fourth-order valence-electron chi connectivity index (χ4n) is 1.93. The van der Waals surface area contributed by atoms with Crippen LogP contribution in [0.25, 0.3) is 0 Å². The Kier molecular flexibility index (Phi) is 4.21. The van der Waals surface area contributed by atoms with E-state index in [2.05, 4.69) is 5.32 Å².